The molecule has 4 rings (SSSR count). The van der Waals surface area contributed by atoms with Gasteiger partial charge in [-0.15, -0.1) is 0 Å². The van der Waals surface area contributed by atoms with E-state index in [4.69, 9.17) is 11.6 Å². The Bertz CT molecular complexity index is 1430. The number of hydrogen-bond donors (Lipinski definition) is 2. The van der Waals surface area contributed by atoms with Crippen LogP contribution in [0.1, 0.15) is 35.4 Å². The number of carbonyl (C=O) groups is 1. The number of nitrogens with one attached hydrogen (secondary N) is 1. The number of hydrogen-bond acceptors (Lipinski definition) is 6. The molecule has 10 heteroatoms. The topological polar surface area (TPSA) is 95.8 Å². The highest BCUT2D eigenvalue weighted by Gasteiger charge is 2.25. The van der Waals surface area contributed by atoms with E-state index in [2.05, 4.69) is 16.4 Å². The van der Waals surface area contributed by atoms with E-state index < -0.39 is 39.7 Å². The quantitative estimate of drug-likeness (QED) is 0.299. The Balaban J connectivity index is 1.43. The van der Waals surface area contributed by atoms with Gasteiger partial charge in [0.25, 0.3) is 0 Å². The van der Waals surface area contributed by atoms with E-state index in [0.29, 0.717) is 23.4 Å². The summed E-state index contributed by atoms with van der Waals surface area (Å²) in [7, 11) is -3.85. The molecule has 1 heterocycles. The second-order valence-electron chi connectivity index (χ2n) is 9.10. The van der Waals surface area contributed by atoms with Crippen LogP contribution in [-0.4, -0.2) is 42.7 Å². The number of thioether (sulfide) groups is 1. The number of carboxylic acids is 1. The first-order valence-electron chi connectivity index (χ1n) is 12.2. The summed E-state index contributed by atoms with van der Waals surface area (Å²) in [5, 5.41) is 13.9. The summed E-state index contributed by atoms with van der Waals surface area (Å²) in [6, 6.07) is 17.9. The molecule has 0 aliphatic carbocycles. The summed E-state index contributed by atoms with van der Waals surface area (Å²) in [4.78, 5) is 15.9. The molecule has 0 saturated carbocycles. The molecule has 1 unspecified atom stereocenters. The molecule has 38 heavy (non-hydrogen) atoms. The van der Waals surface area contributed by atoms with Gasteiger partial charge >= 0.3 is 5.97 Å². The molecule has 3 aromatic carbocycles. The maximum absolute atomic E-state index is 13.3. The van der Waals surface area contributed by atoms with Crippen LogP contribution in [0, 0.1) is 5.82 Å². The molecule has 2 N–H and O–H groups in total. The van der Waals surface area contributed by atoms with Crippen LogP contribution in [-0.2, 0) is 27.5 Å². The minimum Gasteiger partial charge on any atom is -0.481 e. The second-order valence-corrected chi connectivity index (χ2v) is 12.6. The predicted molar refractivity (Wildman–Crippen MR) is 152 cm³/mol. The van der Waals surface area contributed by atoms with Gasteiger partial charge < -0.3 is 10.4 Å². The van der Waals surface area contributed by atoms with Gasteiger partial charge in [-0.05, 0) is 72.4 Å². The van der Waals surface area contributed by atoms with E-state index in [9.17, 15) is 22.7 Å². The number of anilines is 1. The number of aryl methyl sites for hydroxylation is 2. The van der Waals surface area contributed by atoms with Crippen LogP contribution in [0.2, 0.25) is 5.02 Å². The van der Waals surface area contributed by atoms with Crippen molar-refractivity contribution in [3.8, 4) is 0 Å². The fourth-order valence-electron chi connectivity index (χ4n) is 4.25. The summed E-state index contributed by atoms with van der Waals surface area (Å²) in [6.45, 7) is 0.839. The van der Waals surface area contributed by atoms with Gasteiger partial charge in [-0.1, -0.05) is 53.7 Å². The van der Waals surface area contributed by atoms with Crippen LogP contribution in [0.15, 0.2) is 76.6 Å². The van der Waals surface area contributed by atoms with Gasteiger partial charge in [0, 0.05) is 28.9 Å². The number of sulfone groups is 1. The fourth-order valence-corrected chi connectivity index (χ4v) is 7.03. The Labute approximate surface area is 231 Å². The number of nitrogens with zero attached hydrogens (tertiary/aromatic N) is 1. The molecular formula is C28H28ClFN2O4S2. The smallest absolute Gasteiger partial charge is 0.303 e. The molecule has 0 radical (unpaired) electrons. The summed E-state index contributed by atoms with van der Waals surface area (Å²) in [5.74, 6) is -1.80. The number of halogens is 2. The van der Waals surface area contributed by atoms with Gasteiger partial charge in [0.05, 0.1) is 17.1 Å². The zero-order valence-corrected chi connectivity index (χ0v) is 23.0. The summed E-state index contributed by atoms with van der Waals surface area (Å²) in [5.41, 5.74) is 3.35. The molecule has 0 fully saturated rings. The number of rotatable bonds is 10. The van der Waals surface area contributed by atoms with Gasteiger partial charge in [-0.3, -0.25) is 9.79 Å². The lowest BCUT2D eigenvalue weighted by Gasteiger charge is -2.16. The molecule has 200 valence electrons. The van der Waals surface area contributed by atoms with Crippen molar-refractivity contribution in [2.24, 2.45) is 4.99 Å². The minimum atomic E-state index is -3.85. The third-order valence-corrected chi connectivity index (χ3v) is 9.39. The van der Waals surface area contributed by atoms with Crippen LogP contribution in [0.25, 0.3) is 0 Å². The van der Waals surface area contributed by atoms with Crippen molar-refractivity contribution in [3.05, 3.63) is 94.3 Å². The highest BCUT2D eigenvalue weighted by Crippen LogP contribution is 2.28. The molecule has 0 amide bonds. The SMILES string of the molecule is O=C(O)CC(CS(=O)(=O)c1ccc(CCc2cccc(NC3=NCCCS3)c2)c(Cl)c1)c1ccc(F)cc1. The number of carboxylic acid groups (broad SMARTS) is 1. The molecule has 6 nitrogen and oxygen atoms in total. The second kappa shape index (κ2) is 12.8. The van der Waals surface area contributed by atoms with Gasteiger partial charge in [0.15, 0.2) is 15.0 Å². The van der Waals surface area contributed by atoms with Gasteiger partial charge in [0.2, 0.25) is 0 Å². The molecule has 3 aromatic rings. The zero-order valence-electron chi connectivity index (χ0n) is 20.6. The van der Waals surface area contributed by atoms with E-state index in [1.807, 2.05) is 18.2 Å². The lowest BCUT2D eigenvalue weighted by atomic mass is 9.98. The summed E-state index contributed by atoms with van der Waals surface area (Å²) < 4.78 is 39.7. The van der Waals surface area contributed by atoms with E-state index in [1.165, 1.54) is 36.4 Å². The third kappa shape index (κ3) is 7.82. The standard InChI is InChI=1S/C28H28ClFN2O4S2/c29-26-17-25(38(35,36)18-22(16-27(33)34)20-7-10-23(30)11-8-20)12-9-21(26)6-5-19-3-1-4-24(15-19)32-28-31-13-2-14-37-28/h1,3-4,7-12,15,17,22H,2,5-6,13-14,16,18H2,(H,31,32)(H,33,34). The largest absolute Gasteiger partial charge is 0.481 e. The van der Waals surface area contributed by atoms with E-state index >= 15 is 0 Å². The van der Waals surface area contributed by atoms with Crippen LogP contribution in [0.5, 0.6) is 0 Å². The molecule has 1 aliphatic rings. The first-order valence-corrected chi connectivity index (χ1v) is 15.2. The Morgan fingerprint density at radius 3 is 2.58 bits per heavy atom. The Kier molecular flexibility index (Phi) is 9.46. The average molecular weight is 575 g/mol. The van der Waals surface area contributed by atoms with Crippen LogP contribution in [0.3, 0.4) is 0 Å². The van der Waals surface area contributed by atoms with Crippen molar-refractivity contribution in [1.82, 2.24) is 0 Å². The first kappa shape index (κ1) is 28.1. The first-order chi connectivity index (χ1) is 18.2. The normalized spacial score (nSPS) is 14.5. The fraction of sp³-hybridized carbons (Fsp3) is 0.286. The van der Waals surface area contributed by atoms with Gasteiger partial charge in [0.1, 0.15) is 5.82 Å². The number of aliphatic carboxylic acids is 1. The minimum absolute atomic E-state index is 0.0284. The third-order valence-electron chi connectivity index (χ3n) is 6.22. The Morgan fingerprint density at radius 1 is 1.11 bits per heavy atom. The lowest BCUT2D eigenvalue weighted by Crippen LogP contribution is -2.18. The highest BCUT2D eigenvalue weighted by atomic mass is 35.5. The molecule has 1 atom stereocenters. The Morgan fingerprint density at radius 2 is 1.89 bits per heavy atom. The number of benzene rings is 3. The van der Waals surface area contributed by atoms with Crippen molar-refractivity contribution >= 4 is 50.0 Å². The zero-order chi connectivity index (χ0) is 27.1. The van der Waals surface area contributed by atoms with Crippen LogP contribution < -0.4 is 5.32 Å². The lowest BCUT2D eigenvalue weighted by molar-refractivity contribution is -0.137. The average Bonchev–Trinajstić information content (AvgIpc) is 2.88. The maximum atomic E-state index is 13.3. The molecule has 0 saturated heterocycles. The summed E-state index contributed by atoms with van der Waals surface area (Å²) in [6.07, 6.45) is 2.03. The maximum Gasteiger partial charge on any atom is 0.303 e. The van der Waals surface area contributed by atoms with Crippen LogP contribution in [0.4, 0.5) is 10.1 Å². The van der Waals surface area contributed by atoms with Crippen molar-refractivity contribution in [2.45, 2.75) is 36.5 Å². The molecule has 1 aliphatic heterocycles. The van der Waals surface area contributed by atoms with Crippen molar-refractivity contribution in [1.29, 1.82) is 0 Å². The monoisotopic (exact) mass is 574 g/mol. The highest BCUT2D eigenvalue weighted by molar-refractivity contribution is 8.14. The molecule has 0 bridgehead atoms. The van der Waals surface area contributed by atoms with Gasteiger partial charge in [-0.2, -0.15) is 0 Å². The predicted octanol–water partition coefficient (Wildman–Crippen LogP) is 6.20. The van der Waals surface area contributed by atoms with Crippen molar-refractivity contribution in [2.75, 3.05) is 23.4 Å². The molecule has 0 aromatic heterocycles. The van der Waals surface area contributed by atoms with Crippen molar-refractivity contribution in [3.63, 3.8) is 0 Å². The van der Waals surface area contributed by atoms with E-state index in [0.717, 1.165) is 40.7 Å². The summed E-state index contributed by atoms with van der Waals surface area (Å²) >= 11 is 8.20. The van der Waals surface area contributed by atoms with Crippen LogP contribution >= 0.6 is 23.4 Å². The number of aliphatic imine (C=N–C) groups is 1. The Hall–Kier alpha value is -2.88. The molecule has 0 spiro atoms. The van der Waals surface area contributed by atoms with E-state index in [1.54, 1.807) is 17.8 Å². The van der Waals surface area contributed by atoms with Gasteiger partial charge in [-0.25, -0.2) is 12.8 Å². The molecular weight excluding hydrogens is 547 g/mol. The van der Waals surface area contributed by atoms with E-state index in [-0.39, 0.29) is 4.90 Å². The van der Waals surface area contributed by atoms with Crippen molar-refractivity contribution < 1.29 is 22.7 Å². The number of amidine groups is 1.